The predicted molar refractivity (Wildman–Crippen MR) is 81.4 cm³/mol. The van der Waals surface area contributed by atoms with Crippen molar-refractivity contribution in [3.8, 4) is 0 Å². The molecule has 0 aliphatic heterocycles. The van der Waals surface area contributed by atoms with E-state index in [1.165, 1.54) is 18.2 Å². The predicted octanol–water partition coefficient (Wildman–Crippen LogP) is 4.81. The van der Waals surface area contributed by atoms with E-state index in [2.05, 4.69) is 9.97 Å². The number of aromatic nitrogens is 2. The first-order valence-corrected chi connectivity index (χ1v) is 7.53. The van der Waals surface area contributed by atoms with Crippen molar-refractivity contribution in [2.24, 2.45) is 0 Å². The molecule has 1 aromatic carbocycles. The number of benzene rings is 1. The maximum atomic E-state index is 13.1. The fraction of sp³-hybridized carbons (Fsp3) is 0.214. The minimum atomic E-state index is -4.79. The Morgan fingerprint density at radius 1 is 1.13 bits per heavy atom. The molecule has 0 amide bonds. The number of hydrogen-bond donors (Lipinski definition) is 0. The first-order chi connectivity index (χ1) is 10.8. The largest absolute Gasteiger partial charge is 0.433 e. The average molecular weight is 384 g/mol. The number of ketones is 1. The van der Waals surface area contributed by atoms with E-state index in [-0.39, 0.29) is 28.5 Å². The smallest absolute Gasteiger partial charge is 0.285 e. The van der Waals surface area contributed by atoms with E-state index in [4.69, 9.17) is 34.8 Å². The Hall–Kier alpha value is -1.37. The average Bonchev–Trinajstić information content (AvgIpc) is 2.48. The van der Waals surface area contributed by atoms with Crippen LogP contribution in [0.15, 0.2) is 24.3 Å². The molecule has 0 fully saturated rings. The van der Waals surface area contributed by atoms with Crippen LogP contribution in [0.2, 0.25) is 10.2 Å². The zero-order valence-electron chi connectivity index (χ0n) is 11.3. The topological polar surface area (TPSA) is 42.9 Å². The molecule has 0 saturated carbocycles. The van der Waals surface area contributed by atoms with Crippen LogP contribution in [0.5, 0.6) is 0 Å². The summed E-state index contributed by atoms with van der Waals surface area (Å²) in [5.41, 5.74) is -1.62. The number of alkyl halides is 4. The molecule has 23 heavy (non-hydrogen) atoms. The van der Waals surface area contributed by atoms with Crippen molar-refractivity contribution in [1.82, 2.24) is 9.97 Å². The van der Waals surface area contributed by atoms with Gasteiger partial charge in [-0.25, -0.2) is 9.97 Å². The molecule has 0 atom stereocenters. The van der Waals surface area contributed by atoms with Gasteiger partial charge in [-0.15, -0.1) is 11.6 Å². The number of carbonyl (C=O) groups is 1. The molecule has 0 bridgehead atoms. The number of nitrogens with zero attached hydrogens (tertiary/aromatic N) is 2. The van der Waals surface area contributed by atoms with Gasteiger partial charge in [-0.1, -0.05) is 35.3 Å². The second kappa shape index (κ2) is 7.03. The van der Waals surface area contributed by atoms with Crippen LogP contribution in [0.1, 0.15) is 27.4 Å². The zero-order chi connectivity index (χ0) is 17.2. The van der Waals surface area contributed by atoms with Crippen LogP contribution < -0.4 is 0 Å². The monoisotopic (exact) mass is 382 g/mol. The standard InChI is InChI=1S/C14H8Cl3F3N2O/c15-6-5-8-11(14(18,19)20)21-13(22-12(8)17)10(23)7-3-1-2-4-9(7)16/h1-4H,5-6H2. The summed E-state index contributed by atoms with van der Waals surface area (Å²) in [5, 5.41) is -0.376. The van der Waals surface area contributed by atoms with Gasteiger partial charge < -0.3 is 0 Å². The van der Waals surface area contributed by atoms with Gasteiger partial charge in [0.25, 0.3) is 0 Å². The highest BCUT2D eigenvalue weighted by Crippen LogP contribution is 2.34. The van der Waals surface area contributed by atoms with Gasteiger partial charge in [-0.3, -0.25) is 4.79 Å². The molecule has 2 rings (SSSR count). The molecule has 1 aromatic heterocycles. The molecule has 122 valence electrons. The third-order valence-electron chi connectivity index (χ3n) is 2.89. The van der Waals surface area contributed by atoms with E-state index in [1.807, 2.05) is 0 Å². The summed E-state index contributed by atoms with van der Waals surface area (Å²) in [6.07, 6.45) is -4.96. The minimum absolute atomic E-state index is 0.0107. The van der Waals surface area contributed by atoms with Gasteiger partial charge in [-0.05, 0) is 18.6 Å². The van der Waals surface area contributed by atoms with Crippen molar-refractivity contribution in [3.63, 3.8) is 0 Å². The highest BCUT2D eigenvalue weighted by molar-refractivity contribution is 6.35. The van der Waals surface area contributed by atoms with E-state index in [9.17, 15) is 18.0 Å². The van der Waals surface area contributed by atoms with Crippen molar-refractivity contribution in [3.05, 3.63) is 57.1 Å². The van der Waals surface area contributed by atoms with Crippen molar-refractivity contribution >= 4 is 40.6 Å². The van der Waals surface area contributed by atoms with Crippen LogP contribution in [-0.2, 0) is 12.6 Å². The first-order valence-electron chi connectivity index (χ1n) is 6.24. The van der Waals surface area contributed by atoms with Crippen LogP contribution in [0.4, 0.5) is 13.2 Å². The Morgan fingerprint density at radius 2 is 1.78 bits per heavy atom. The van der Waals surface area contributed by atoms with Crippen LogP contribution in [0.3, 0.4) is 0 Å². The fourth-order valence-electron chi connectivity index (χ4n) is 1.87. The molecule has 0 N–H and O–H groups in total. The van der Waals surface area contributed by atoms with Crippen molar-refractivity contribution in [2.75, 3.05) is 5.88 Å². The Labute approximate surface area is 144 Å². The Balaban J connectivity index is 2.59. The molecular formula is C14H8Cl3F3N2O. The summed E-state index contributed by atoms with van der Waals surface area (Å²) in [6.45, 7) is 0. The van der Waals surface area contributed by atoms with E-state index in [0.717, 1.165) is 0 Å². The molecule has 3 nitrogen and oxygen atoms in total. The lowest BCUT2D eigenvalue weighted by Gasteiger charge is -2.13. The third-order valence-corrected chi connectivity index (χ3v) is 3.72. The summed E-state index contributed by atoms with van der Waals surface area (Å²) in [7, 11) is 0. The second-order valence-electron chi connectivity index (χ2n) is 4.41. The van der Waals surface area contributed by atoms with Gasteiger partial charge >= 0.3 is 6.18 Å². The Kier molecular flexibility index (Phi) is 5.49. The van der Waals surface area contributed by atoms with Gasteiger partial charge in [0.1, 0.15) is 5.15 Å². The van der Waals surface area contributed by atoms with Gasteiger partial charge in [-0.2, -0.15) is 13.2 Å². The molecule has 0 spiro atoms. The normalized spacial score (nSPS) is 11.6. The van der Waals surface area contributed by atoms with Gasteiger partial charge in [0.05, 0.1) is 5.02 Å². The second-order valence-corrected chi connectivity index (χ2v) is 5.55. The van der Waals surface area contributed by atoms with Crippen LogP contribution in [0.25, 0.3) is 0 Å². The summed E-state index contributed by atoms with van der Waals surface area (Å²) in [4.78, 5) is 19.3. The van der Waals surface area contributed by atoms with Gasteiger partial charge in [0.15, 0.2) is 5.69 Å². The molecule has 0 aliphatic carbocycles. The van der Waals surface area contributed by atoms with Crippen LogP contribution in [-0.4, -0.2) is 21.6 Å². The molecule has 2 aromatic rings. The van der Waals surface area contributed by atoms with Crippen molar-refractivity contribution in [1.29, 1.82) is 0 Å². The number of carbonyl (C=O) groups excluding carboxylic acids is 1. The molecular weight excluding hydrogens is 376 g/mol. The third kappa shape index (κ3) is 3.94. The minimum Gasteiger partial charge on any atom is -0.285 e. The highest BCUT2D eigenvalue weighted by atomic mass is 35.5. The maximum Gasteiger partial charge on any atom is 0.433 e. The molecule has 0 saturated heterocycles. The molecule has 0 aliphatic rings. The molecule has 9 heteroatoms. The molecule has 0 unspecified atom stereocenters. The first kappa shape index (κ1) is 18.0. The summed E-state index contributed by atoms with van der Waals surface area (Å²) in [5.74, 6) is -1.61. The van der Waals surface area contributed by atoms with Crippen LogP contribution in [0, 0.1) is 0 Å². The SMILES string of the molecule is O=C(c1nc(Cl)c(CCCl)c(C(F)(F)F)n1)c1ccccc1Cl. The Morgan fingerprint density at radius 3 is 2.35 bits per heavy atom. The van der Waals surface area contributed by atoms with Crippen molar-refractivity contribution in [2.45, 2.75) is 12.6 Å². The quantitative estimate of drug-likeness (QED) is 0.432. The van der Waals surface area contributed by atoms with E-state index < -0.39 is 28.6 Å². The fourth-order valence-corrected chi connectivity index (χ4v) is 2.55. The lowest BCUT2D eigenvalue weighted by Crippen LogP contribution is -2.19. The van der Waals surface area contributed by atoms with Crippen molar-refractivity contribution < 1.29 is 18.0 Å². The summed E-state index contributed by atoms with van der Waals surface area (Å²) < 4.78 is 39.4. The van der Waals surface area contributed by atoms with Gasteiger partial charge in [0.2, 0.25) is 11.6 Å². The van der Waals surface area contributed by atoms with E-state index >= 15 is 0 Å². The Bertz CT molecular complexity index is 751. The summed E-state index contributed by atoms with van der Waals surface area (Å²) >= 11 is 17.1. The number of halogens is 6. The van der Waals surface area contributed by atoms with E-state index in [1.54, 1.807) is 6.07 Å². The maximum absolute atomic E-state index is 13.1. The zero-order valence-corrected chi connectivity index (χ0v) is 13.6. The van der Waals surface area contributed by atoms with E-state index in [0.29, 0.717) is 0 Å². The molecule has 1 heterocycles. The lowest BCUT2D eigenvalue weighted by molar-refractivity contribution is -0.141. The van der Waals surface area contributed by atoms with Crippen LogP contribution >= 0.6 is 34.8 Å². The number of rotatable bonds is 4. The molecule has 0 radical (unpaired) electrons. The summed E-state index contributed by atoms with van der Waals surface area (Å²) in [6, 6.07) is 5.90. The van der Waals surface area contributed by atoms with Gasteiger partial charge in [0, 0.05) is 17.0 Å². The lowest BCUT2D eigenvalue weighted by atomic mass is 10.1. The number of hydrogen-bond acceptors (Lipinski definition) is 3. The highest BCUT2D eigenvalue weighted by Gasteiger charge is 2.38.